The molecular formula is C14H21N3O2. The lowest BCUT2D eigenvalue weighted by atomic mass is 10.1. The van der Waals surface area contributed by atoms with Gasteiger partial charge in [-0.1, -0.05) is 12.1 Å². The average Bonchev–Trinajstić information content (AvgIpc) is 2.39. The fraction of sp³-hybridized carbons (Fsp3) is 0.500. The molecule has 5 heteroatoms. The molecule has 0 radical (unpaired) electrons. The van der Waals surface area contributed by atoms with Gasteiger partial charge in [0, 0.05) is 25.2 Å². The number of rotatable bonds is 2. The molecule has 0 saturated carbocycles. The number of ether oxygens (including phenoxy) is 1. The van der Waals surface area contributed by atoms with Gasteiger partial charge in [0.2, 0.25) is 0 Å². The molecule has 2 rings (SSSR count). The second-order valence-electron chi connectivity index (χ2n) is 4.89. The number of benzene rings is 1. The van der Waals surface area contributed by atoms with Crippen molar-refractivity contribution < 1.29 is 9.53 Å². The quantitative estimate of drug-likeness (QED) is 0.857. The lowest BCUT2D eigenvalue weighted by Gasteiger charge is -2.39. The maximum absolute atomic E-state index is 12.4. The van der Waals surface area contributed by atoms with Gasteiger partial charge in [-0.25, -0.2) is 4.79 Å². The van der Waals surface area contributed by atoms with Gasteiger partial charge in [-0.05, 0) is 26.0 Å². The molecule has 1 fully saturated rings. The number of carbonyl (C=O) groups is 1. The molecule has 0 bridgehead atoms. The first-order chi connectivity index (χ1) is 9.13. The number of para-hydroxylation sites is 2. The van der Waals surface area contributed by atoms with Crippen molar-refractivity contribution in [2.24, 2.45) is 0 Å². The van der Waals surface area contributed by atoms with E-state index in [-0.39, 0.29) is 18.1 Å². The highest BCUT2D eigenvalue weighted by Crippen LogP contribution is 2.24. The molecule has 2 unspecified atom stereocenters. The van der Waals surface area contributed by atoms with Crippen LogP contribution in [0.25, 0.3) is 0 Å². The number of hydrogen-bond donors (Lipinski definition) is 2. The number of carbonyl (C=O) groups excluding carboxylic acids is 1. The van der Waals surface area contributed by atoms with Crippen molar-refractivity contribution in [3.05, 3.63) is 24.3 Å². The van der Waals surface area contributed by atoms with Gasteiger partial charge in [-0.3, -0.25) is 0 Å². The fourth-order valence-corrected chi connectivity index (χ4v) is 2.46. The zero-order chi connectivity index (χ0) is 13.8. The van der Waals surface area contributed by atoms with Crippen LogP contribution in [0.2, 0.25) is 0 Å². The van der Waals surface area contributed by atoms with Crippen molar-refractivity contribution in [2.75, 3.05) is 25.5 Å². The van der Waals surface area contributed by atoms with Crippen molar-refractivity contribution in [1.29, 1.82) is 0 Å². The van der Waals surface area contributed by atoms with Crippen LogP contribution in [0.1, 0.15) is 13.8 Å². The van der Waals surface area contributed by atoms with E-state index in [0.717, 1.165) is 13.1 Å². The van der Waals surface area contributed by atoms with E-state index in [1.165, 1.54) is 0 Å². The molecular weight excluding hydrogens is 242 g/mol. The van der Waals surface area contributed by atoms with Crippen LogP contribution in [0.5, 0.6) is 5.75 Å². The molecule has 1 aliphatic heterocycles. The smallest absolute Gasteiger partial charge is 0.322 e. The minimum atomic E-state index is -0.0778. The maximum Gasteiger partial charge on any atom is 0.322 e. The third-order valence-corrected chi connectivity index (χ3v) is 3.41. The average molecular weight is 263 g/mol. The first-order valence-electron chi connectivity index (χ1n) is 6.56. The largest absolute Gasteiger partial charge is 0.495 e. The lowest BCUT2D eigenvalue weighted by molar-refractivity contribution is 0.143. The summed E-state index contributed by atoms with van der Waals surface area (Å²) in [6, 6.07) is 7.71. The van der Waals surface area contributed by atoms with Gasteiger partial charge in [0.25, 0.3) is 0 Å². The Morgan fingerprint density at radius 3 is 2.58 bits per heavy atom. The molecule has 0 spiro atoms. The molecule has 0 aliphatic carbocycles. The number of nitrogens with one attached hydrogen (secondary N) is 2. The Kier molecular flexibility index (Phi) is 4.27. The SMILES string of the molecule is COc1ccccc1NC(=O)N1C(C)CNCC1C. The molecule has 1 saturated heterocycles. The molecule has 0 aromatic heterocycles. The van der Waals surface area contributed by atoms with Crippen LogP contribution in [0.4, 0.5) is 10.5 Å². The normalized spacial score (nSPS) is 23.0. The summed E-state index contributed by atoms with van der Waals surface area (Å²) in [7, 11) is 1.60. The first-order valence-corrected chi connectivity index (χ1v) is 6.56. The number of urea groups is 1. The molecule has 104 valence electrons. The van der Waals surface area contributed by atoms with E-state index in [9.17, 15) is 4.79 Å². The van der Waals surface area contributed by atoms with Crippen molar-refractivity contribution in [3.63, 3.8) is 0 Å². The fourth-order valence-electron chi connectivity index (χ4n) is 2.46. The van der Waals surface area contributed by atoms with Gasteiger partial charge < -0.3 is 20.3 Å². The Labute approximate surface area is 113 Å². The minimum absolute atomic E-state index is 0.0778. The maximum atomic E-state index is 12.4. The summed E-state index contributed by atoms with van der Waals surface area (Å²) in [6.07, 6.45) is 0. The zero-order valence-electron chi connectivity index (χ0n) is 11.6. The molecule has 2 amide bonds. The van der Waals surface area contributed by atoms with Crippen LogP contribution in [-0.2, 0) is 0 Å². The van der Waals surface area contributed by atoms with Crippen molar-refractivity contribution in [3.8, 4) is 5.75 Å². The Balaban J connectivity index is 2.11. The van der Waals surface area contributed by atoms with Crippen molar-refractivity contribution in [1.82, 2.24) is 10.2 Å². The first kappa shape index (κ1) is 13.7. The number of nitrogens with zero attached hydrogens (tertiary/aromatic N) is 1. The monoisotopic (exact) mass is 263 g/mol. The summed E-state index contributed by atoms with van der Waals surface area (Å²) in [5.41, 5.74) is 0.702. The molecule has 1 aromatic carbocycles. The standard InChI is InChI=1S/C14H21N3O2/c1-10-8-15-9-11(2)17(10)14(18)16-12-6-4-5-7-13(12)19-3/h4-7,10-11,15H,8-9H2,1-3H3,(H,16,18). The van der Waals surface area contributed by atoms with E-state index < -0.39 is 0 Å². The van der Waals surface area contributed by atoms with Crippen LogP contribution in [0.15, 0.2) is 24.3 Å². The van der Waals surface area contributed by atoms with E-state index in [0.29, 0.717) is 11.4 Å². The highest BCUT2D eigenvalue weighted by atomic mass is 16.5. The Hall–Kier alpha value is -1.75. The summed E-state index contributed by atoms with van der Waals surface area (Å²) >= 11 is 0. The molecule has 1 aromatic rings. The van der Waals surface area contributed by atoms with Gasteiger partial charge in [-0.15, -0.1) is 0 Å². The van der Waals surface area contributed by atoms with E-state index in [4.69, 9.17) is 4.74 Å². The lowest BCUT2D eigenvalue weighted by Crippen LogP contribution is -2.58. The second kappa shape index (κ2) is 5.93. The van der Waals surface area contributed by atoms with E-state index in [2.05, 4.69) is 10.6 Å². The molecule has 19 heavy (non-hydrogen) atoms. The third-order valence-electron chi connectivity index (χ3n) is 3.41. The van der Waals surface area contributed by atoms with E-state index in [1.807, 2.05) is 43.0 Å². The second-order valence-corrected chi connectivity index (χ2v) is 4.89. The Morgan fingerprint density at radius 1 is 1.32 bits per heavy atom. The summed E-state index contributed by atoms with van der Waals surface area (Å²) in [4.78, 5) is 14.3. The van der Waals surface area contributed by atoms with E-state index in [1.54, 1.807) is 7.11 Å². The molecule has 1 heterocycles. The van der Waals surface area contributed by atoms with Gasteiger partial charge in [0.15, 0.2) is 0 Å². The van der Waals surface area contributed by atoms with Crippen LogP contribution < -0.4 is 15.4 Å². The Morgan fingerprint density at radius 2 is 1.95 bits per heavy atom. The van der Waals surface area contributed by atoms with Gasteiger partial charge in [0.05, 0.1) is 12.8 Å². The predicted octanol–water partition coefficient (Wildman–Crippen LogP) is 1.91. The predicted molar refractivity (Wildman–Crippen MR) is 75.6 cm³/mol. The molecule has 1 aliphatic rings. The van der Waals surface area contributed by atoms with Gasteiger partial charge >= 0.3 is 6.03 Å². The van der Waals surface area contributed by atoms with Gasteiger partial charge in [0.1, 0.15) is 5.75 Å². The number of amides is 2. The van der Waals surface area contributed by atoms with E-state index >= 15 is 0 Å². The Bertz CT molecular complexity index is 440. The van der Waals surface area contributed by atoms with Crippen LogP contribution in [-0.4, -0.2) is 43.2 Å². The topological polar surface area (TPSA) is 53.6 Å². The highest BCUT2D eigenvalue weighted by Gasteiger charge is 2.29. The van der Waals surface area contributed by atoms with Crippen LogP contribution in [0.3, 0.4) is 0 Å². The zero-order valence-corrected chi connectivity index (χ0v) is 11.6. The molecule has 5 nitrogen and oxygen atoms in total. The van der Waals surface area contributed by atoms with Crippen molar-refractivity contribution in [2.45, 2.75) is 25.9 Å². The number of anilines is 1. The summed E-state index contributed by atoms with van der Waals surface area (Å²) < 4.78 is 5.24. The number of methoxy groups -OCH3 is 1. The molecule has 2 atom stereocenters. The minimum Gasteiger partial charge on any atom is -0.495 e. The number of piperazine rings is 1. The molecule has 2 N–H and O–H groups in total. The summed E-state index contributed by atoms with van der Waals surface area (Å²) in [5.74, 6) is 0.672. The summed E-state index contributed by atoms with van der Waals surface area (Å²) in [5, 5.41) is 6.24. The number of hydrogen-bond acceptors (Lipinski definition) is 3. The third kappa shape index (κ3) is 2.98. The highest BCUT2D eigenvalue weighted by molar-refractivity contribution is 5.91. The van der Waals surface area contributed by atoms with Crippen LogP contribution in [0, 0.1) is 0 Å². The summed E-state index contributed by atoms with van der Waals surface area (Å²) in [6.45, 7) is 5.74. The van der Waals surface area contributed by atoms with Gasteiger partial charge in [-0.2, -0.15) is 0 Å². The van der Waals surface area contributed by atoms with Crippen molar-refractivity contribution >= 4 is 11.7 Å². The van der Waals surface area contributed by atoms with Crippen LogP contribution >= 0.6 is 0 Å².